The maximum Gasteiger partial charge on any atom is 0.0106 e. The first-order valence-electron chi connectivity index (χ1n) is 7.40. The Morgan fingerprint density at radius 2 is 0.850 bits per heavy atom. The molecule has 0 aliphatic heterocycles. The summed E-state index contributed by atoms with van der Waals surface area (Å²) < 4.78 is 0. The molecular formula is C12H36N8. The van der Waals surface area contributed by atoms with E-state index in [1.807, 2.05) is 0 Å². The van der Waals surface area contributed by atoms with Crippen LogP contribution in [-0.4, -0.2) is 83.4 Å². The summed E-state index contributed by atoms with van der Waals surface area (Å²) >= 11 is 0. The van der Waals surface area contributed by atoms with Crippen LogP contribution in [0.5, 0.6) is 0 Å². The highest BCUT2D eigenvalue weighted by Crippen LogP contribution is 1.81. The Bertz CT molecular complexity index is 136. The van der Waals surface area contributed by atoms with E-state index in [9.17, 15) is 0 Å². The van der Waals surface area contributed by atoms with Crippen molar-refractivity contribution in [3.05, 3.63) is 0 Å². The largest absolute Gasteiger partial charge is 0.329 e. The van der Waals surface area contributed by atoms with Gasteiger partial charge in [-0.15, -0.1) is 0 Å². The molecular weight excluding hydrogens is 256 g/mol. The Labute approximate surface area is 123 Å². The van der Waals surface area contributed by atoms with Gasteiger partial charge in [-0.2, -0.15) is 0 Å². The number of nitrogens with one attached hydrogen (secondary N) is 2. The minimum atomic E-state index is 0.681. The molecule has 0 aromatic carbocycles. The van der Waals surface area contributed by atoms with Crippen molar-refractivity contribution in [3.8, 4) is 0 Å². The molecule has 0 saturated carbocycles. The van der Waals surface area contributed by atoms with Gasteiger partial charge in [0.15, 0.2) is 0 Å². The average molecular weight is 292 g/mol. The summed E-state index contributed by atoms with van der Waals surface area (Å²) in [6, 6.07) is 0. The zero-order chi connectivity index (χ0) is 15.5. The van der Waals surface area contributed by atoms with Crippen LogP contribution in [0.2, 0.25) is 0 Å². The fourth-order valence-corrected chi connectivity index (χ4v) is 1.51. The van der Waals surface area contributed by atoms with Gasteiger partial charge in [-0.25, -0.2) is 0 Å². The lowest BCUT2D eigenvalue weighted by Gasteiger charge is -2.18. The molecule has 0 aliphatic rings. The monoisotopic (exact) mass is 292 g/mol. The normalized spacial score (nSPS) is 10.5. The van der Waals surface area contributed by atoms with Crippen LogP contribution in [0.4, 0.5) is 0 Å². The standard InChI is InChI=1S/2C6H18N4/c7-1-4-10(5-2-8)6-3-9;7-1-3-9-5-6-10-4-2-8/h1-9H2;9-10H,1-8H2. The number of nitrogens with zero attached hydrogens (tertiary/aromatic N) is 1. The van der Waals surface area contributed by atoms with Crippen LogP contribution in [0, 0.1) is 0 Å². The number of nitrogens with two attached hydrogens (primary N) is 5. The third-order valence-electron chi connectivity index (χ3n) is 2.46. The Morgan fingerprint density at radius 3 is 1.10 bits per heavy atom. The van der Waals surface area contributed by atoms with Crippen molar-refractivity contribution in [1.82, 2.24) is 15.5 Å². The second kappa shape index (κ2) is 21.0. The maximum atomic E-state index is 5.37. The average Bonchev–Trinajstić information content (AvgIpc) is 2.44. The van der Waals surface area contributed by atoms with Crippen molar-refractivity contribution in [1.29, 1.82) is 0 Å². The number of hydrogen-bond acceptors (Lipinski definition) is 8. The van der Waals surface area contributed by atoms with Gasteiger partial charge in [-0.1, -0.05) is 0 Å². The molecule has 8 heteroatoms. The van der Waals surface area contributed by atoms with Gasteiger partial charge in [0.1, 0.15) is 0 Å². The fourth-order valence-electron chi connectivity index (χ4n) is 1.51. The summed E-state index contributed by atoms with van der Waals surface area (Å²) in [6.45, 7) is 9.87. The summed E-state index contributed by atoms with van der Waals surface area (Å²) in [7, 11) is 0. The topological polar surface area (TPSA) is 157 Å². The zero-order valence-corrected chi connectivity index (χ0v) is 12.8. The van der Waals surface area contributed by atoms with Gasteiger partial charge in [0, 0.05) is 78.5 Å². The van der Waals surface area contributed by atoms with E-state index in [-0.39, 0.29) is 0 Å². The molecule has 0 radical (unpaired) electrons. The molecule has 0 amide bonds. The molecule has 12 N–H and O–H groups in total. The van der Waals surface area contributed by atoms with Crippen molar-refractivity contribution < 1.29 is 0 Å². The van der Waals surface area contributed by atoms with Crippen molar-refractivity contribution in [2.24, 2.45) is 28.7 Å². The van der Waals surface area contributed by atoms with E-state index in [1.165, 1.54) is 0 Å². The Hall–Kier alpha value is -0.320. The molecule has 0 fully saturated rings. The van der Waals surface area contributed by atoms with E-state index in [0.29, 0.717) is 32.7 Å². The summed E-state index contributed by atoms with van der Waals surface area (Å²) in [5, 5.41) is 6.33. The molecule has 0 heterocycles. The van der Waals surface area contributed by atoms with Gasteiger partial charge in [0.25, 0.3) is 0 Å². The minimum Gasteiger partial charge on any atom is -0.329 e. The van der Waals surface area contributed by atoms with Crippen LogP contribution in [0.15, 0.2) is 0 Å². The SMILES string of the molecule is NCCN(CCN)CCN.NCCNCCNCCN. The molecule has 8 nitrogen and oxygen atoms in total. The quantitative estimate of drug-likeness (QED) is 0.171. The molecule has 0 bridgehead atoms. The summed E-state index contributed by atoms with van der Waals surface area (Å²) in [6.07, 6.45) is 0. The second-order valence-electron chi connectivity index (χ2n) is 4.29. The minimum absolute atomic E-state index is 0.681. The van der Waals surface area contributed by atoms with Crippen LogP contribution >= 0.6 is 0 Å². The van der Waals surface area contributed by atoms with Gasteiger partial charge >= 0.3 is 0 Å². The highest BCUT2D eigenvalue weighted by atomic mass is 15.1. The first-order chi connectivity index (χ1) is 9.76. The number of rotatable bonds is 13. The van der Waals surface area contributed by atoms with E-state index in [2.05, 4.69) is 15.5 Å². The predicted molar refractivity (Wildman–Crippen MR) is 87.5 cm³/mol. The van der Waals surface area contributed by atoms with Crippen LogP contribution < -0.4 is 39.3 Å². The Kier molecular flexibility index (Phi) is 23.1. The molecule has 0 spiro atoms. The third-order valence-corrected chi connectivity index (χ3v) is 2.46. The molecule has 0 atom stereocenters. The maximum absolute atomic E-state index is 5.37. The second-order valence-corrected chi connectivity index (χ2v) is 4.29. The molecule has 0 rings (SSSR count). The van der Waals surface area contributed by atoms with Crippen LogP contribution in [0.3, 0.4) is 0 Å². The molecule has 0 aromatic rings. The van der Waals surface area contributed by atoms with Gasteiger partial charge in [-0.05, 0) is 0 Å². The van der Waals surface area contributed by atoms with Crippen molar-refractivity contribution in [2.75, 3.05) is 78.5 Å². The molecule has 0 saturated heterocycles. The summed E-state index contributed by atoms with van der Waals surface area (Å²) in [5.74, 6) is 0. The van der Waals surface area contributed by atoms with E-state index in [1.54, 1.807) is 0 Å². The lowest BCUT2D eigenvalue weighted by atomic mass is 10.4. The third kappa shape index (κ3) is 20.0. The summed E-state index contributed by atoms with van der Waals surface area (Å²) in [4.78, 5) is 2.17. The summed E-state index contributed by atoms with van der Waals surface area (Å²) in [5.41, 5.74) is 26.6. The van der Waals surface area contributed by atoms with E-state index < -0.39 is 0 Å². The first kappa shape index (κ1) is 22.0. The van der Waals surface area contributed by atoms with Gasteiger partial charge in [0.05, 0.1) is 0 Å². The highest BCUT2D eigenvalue weighted by molar-refractivity contribution is 4.58. The first-order valence-corrected chi connectivity index (χ1v) is 7.40. The van der Waals surface area contributed by atoms with Crippen molar-refractivity contribution in [2.45, 2.75) is 0 Å². The van der Waals surface area contributed by atoms with Crippen LogP contribution in [0.25, 0.3) is 0 Å². The molecule has 124 valence electrons. The molecule has 0 aromatic heterocycles. The molecule has 20 heavy (non-hydrogen) atoms. The van der Waals surface area contributed by atoms with Crippen LogP contribution in [0.1, 0.15) is 0 Å². The fraction of sp³-hybridized carbons (Fsp3) is 1.00. The number of hydrogen-bond donors (Lipinski definition) is 7. The smallest absolute Gasteiger partial charge is 0.0106 e. The molecule has 0 unspecified atom stereocenters. The van der Waals surface area contributed by atoms with Gasteiger partial charge in [0.2, 0.25) is 0 Å². The van der Waals surface area contributed by atoms with Gasteiger partial charge < -0.3 is 39.3 Å². The Balaban J connectivity index is 0. The Morgan fingerprint density at radius 1 is 0.500 bits per heavy atom. The van der Waals surface area contributed by atoms with Crippen molar-refractivity contribution >= 4 is 0 Å². The van der Waals surface area contributed by atoms with Crippen LogP contribution in [-0.2, 0) is 0 Å². The zero-order valence-electron chi connectivity index (χ0n) is 12.8. The van der Waals surface area contributed by atoms with E-state index in [4.69, 9.17) is 28.7 Å². The molecule has 0 aliphatic carbocycles. The lowest BCUT2D eigenvalue weighted by molar-refractivity contribution is 0.297. The van der Waals surface area contributed by atoms with E-state index in [0.717, 1.165) is 45.8 Å². The predicted octanol–water partition coefficient (Wildman–Crippen LogP) is -3.75. The van der Waals surface area contributed by atoms with Crippen molar-refractivity contribution in [3.63, 3.8) is 0 Å². The van der Waals surface area contributed by atoms with E-state index >= 15 is 0 Å². The highest BCUT2D eigenvalue weighted by Gasteiger charge is 1.98. The van der Waals surface area contributed by atoms with Gasteiger partial charge in [-0.3, -0.25) is 4.90 Å². The lowest BCUT2D eigenvalue weighted by Crippen LogP contribution is -2.37.